The zero-order valence-corrected chi connectivity index (χ0v) is 14.5. The quantitative estimate of drug-likeness (QED) is 0.661. The van der Waals surface area contributed by atoms with E-state index in [1.807, 2.05) is 0 Å². The number of nitrogens with one attached hydrogen (secondary N) is 1. The first kappa shape index (κ1) is 18.9. The van der Waals surface area contributed by atoms with Crippen LogP contribution in [0, 0.1) is 0 Å². The van der Waals surface area contributed by atoms with E-state index in [9.17, 15) is 18.0 Å². The van der Waals surface area contributed by atoms with Crippen LogP contribution in [0.2, 0.25) is 5.02 Å². The van der Waals surface area contributed by atoms with Gasteiger partial charge in [-0.2, -0.15) is 18.2 Å². The number of carbonyl (C=O) groups excluding carboxylic acids is 1. The molecule has 27 heavy (non-hydrogen) atoms. The summed E-state index contributed by atoms with van der Waals surface area (Å²) in [4.78, 5) is 16.0. The minimum atomic E-state index is -4.46. The minimum Gasteiger partial charge on any atom is -0.339 e. The van der Waals surface area contributed by atoms with Gasteiger partial charge in [-0.25, -0.2) is 0 Å². The number of rotatable bonds is 5. The van der Waals surface area contributed by atoms with Gasteiger partial charge in [-0.3, -0.25) is 4.79 Å². The van der Waals surface area contributed by atoms with E-state index in [1.54, 1.807) is 24.3 Å². The first-order chi connectivity index (χ1) is 12.8. The van der Waals surface area contributed by atoms with E-state index >= 15 is 0 Å². The fourth-order valence-electron chi connectivity index (χ4n) is 2.30. The molecule has 2 aromatic carbocycles. The lowest BCUT2D eigenvalue weighted by Crippen LogP contribution is -2.12. The standard InChI is InChI=1S/C18H13ClF3N3O2/c19-13-6-1-2-7-14(13)23-15(26)8-9-16-24-17(25-27-16)11-4-3-5-12(10-11)18(20,21)22/h1-7,10H,8-9H2,(H,23,26). The predicted octanol–water partition coefficient (Wildman–Crippen LogP) is 4.98. The molecule has 1 amide bonds. The summed E-state index contributed by atoms with van der Waals surface area (Å²) in [6, 6.07) is 11.4. The lowest BCUT2D eigenvalue weighted by atomic mass is 10.1. The highest BCUT2D eigenvalue weighted by molar-refractivity contribution is 6.33. The van der Waals surface area contributed by atoms with E-state index in [4.69, 9.17) is 16.1 Å². The third kappa shape index (κ3) is 4.85. The van der Waals surface area contributed by atoms with Crippen molar-refractivity contribution in [1.82, 2.24) is 10.1 Å². The van der Waals surface area contributed by atoms with Gasteiger partial charge < -0.3 is 9.84 Å². The molecule has 0 atom stereocenters. The Labute approximate surface area is 157 Å². The van der Waals surface area contributed by atoms with Crippen molar-refractivity contribution in [3.63, 3.8) is 0 Å². The van der Waals surface area contributed by atoms with Crippen molar-refractivity contribution < 1.29 is 22.5 Å². The summed E-state index contributed by atoms with van der Waals surface area (Å²) in [5.74, 6) is -0.124. The van der Waals surface area contributed by atoms with E-state index in [-0.39, 0.29) is 36.0 Å². The molecular weight excluding hydrogens is 383 g/mol. The SMILES string of the molecule is O=C(CCc1nc(-c2cccc(C(F)(F)F)c2)no1)Nc1ccccc1Cl. The minimum absolute atomic E-state index is 0.0302. The average Bonchev–Trinajstić information content (AvgIpc) is 3.10. The number of carbonyl (C=O) groups is 1. The van der Waals surface area contributed by atoms with Crippen LogP contribution < -0.4 is 5.32 Å². The van der Waals surface area contributed by atoms with Crippen molar-refractivity contribution in [3.8, 4) is 11.4 Å². The fourth-order valence-corrected chi connectivity index (χ4v) is 2.49. The summed E-state index contributed by atoms with van der Waals surface area (Å²) < 4.78 is 43.4. The number of amides is 1. The normalized spacial score (nSPS) is 11.4. The molecule has 1 heterocycles. The molecule has 3 rings (SSSR count). The van der Waals surface area contributed by atoms with Crippen LogP contribution in [0.15, 0.2) is 53.1 Å². The number of benzene rings is 2. The van der Waals surface area contributed by atoms with Gasteiger partial charge in [-0.1, -0.05) is 41.0 Å². The van der Waals surface area contributed by atoms with Crippen LogP contribution in [0.1, 0.15) is 17.9 Å². The Hall–Kier alpha value is -2.87. The highest BCUT2D eigenvalue weighted by Gasteiger charge is 2.30. The van der Waals surface area contributed by atoms with Gasteiger partial charge in [0, 0.05) is 18.4 Å². The molecule has 5 nitrogen and oxygen atoms in total. The summed E-state index contributed by atoms with van der Waals surface area (Å²) in [5, 5.41) is 6.75. The van der Waals surface area contributed by atoms with Gasteiger partial charge in [0.25, 0.3) is 0 Å². The number of anilines is 1. The number of alkyl halides is 3. The lowest BCUT2D eigenvalue weighted by Gasteiger charge is -2.06. The van der Waals surface area contributed by atoms with Crippen molar-refractivity contribution in [2.75, 3.05) is 5.32 Å². The predicted molar refractivity (Wildman–Crippen MR) is 93.1 cm³/mol. The van der Waals surface area contributed by atoms with Gasteiger partial charge in [0.05, 0.1) is 16.3 Å². The van der Waals surface area contributed by atoms with Gasteiger partial charge in [0.2, 0.25) is 17.6 Å². The molecule has 0 radical (unpaired) electrons. The number of hydrogen-bond acceptors (Lipinski definition) is 4. The number of halogens is 4. The number of aryl methyl sites for hydroxylation is 1. The highest BCUT2D eigenvalue weighted by Crippen LogP contribution is 2.31. The van der Waals surface area contributed by atoms with Crippen LogP contribution in [-0.2, 0) is 17.4 Å². The molecule has 0 fully saturated rings. The molecule has 9 heteroatoms. The van der Waals surface area contributed by atoms with Crippen LogP contribution in [0.5, 0.6) is 0 Å². The molecule has 0 aliphatic heterocycles. The maximum atomic E-state index is 12.8. The van der Waals surface area contributed by atoms with E-state index < -0.39 is 11.7 Å². The molecule has 0 saturated heterocycles. The monoisotopic (exact) mass is 395 g/mol. The summed E-state index contributed by atoms with van der Waals surface area (Å²) in [5.41, 5.74) is -0.134. The van der Waals surface area contributed by atoms with Crippen LogP contribution in [0.3, 0.4) is 0 Å². The van der Waals surface area contributed by atoms with Crippen LogP contribution in [-0.4, -0.2) is 16.0 Å². The third-order valence-electron chi connectivity index (χ3n) is 3.63. The Kier molecular flexibility index (Phi) is 5.46. The topological polar surface area (TPSA) is 68.0 Å². The zero-order valence-electron chi connectivity index (χ0n) is 13.8. The van der Waals surface area contributed by atoms with Gasteiger partial charge in [-0.15, -0.1) is 0 Å². The van der Waals surface area contributed by atoms with Crippen molar-refractivity contribution in [2.24, 2.45) is 0 Å². The Morgan fingerprint density at radius 1 is 1.15 bits per heavy atom. The van der Waals surface area contributed by atoms with E-state index in [1.165, 1.54) is 12.1 Å². The Morgan fingerprint density at radius 3 is 2.67 bits per heavy atom. The molecule has 1 aromatic heterocycles. The molecule has 140 valence electrons. The van der Waals surface area contributed by atoms with E-state index in [2.05, 4.69) is 15.5 Å². The van der Waals surface area contributed by atoms with Crippen LogP contribution in [0.25, 0.3) is 11.4 Å². The molecule has 3 aromatic rings. The summed E-state index contributed by atoms with van der Waals surface area (Å²) >= 11 is 5.97. The summed E-state index contributed by atoms with van der Waals surface area (Å²) in [7, 11) is 0. The van der Waals surface area contributed by atoms with Crippen molar-refractivity contribution in [3.05, 3.63) is 65.0 Å². The van der Waals surface area contributed by atoms with E-state index in [0.29, 0.717) is 10.7 Å². The first-order valence-electron chi connectivity index (χ1n) is 7.87. The number of aromatic nitrogens is 2. The largest absolute Gasteiger partial charge is 0.416 e. The maximum Gasteiger partial charge on any atom is 0.416 e. The lowest BCUT2D eigenvalue weighted by molar-refractivity contribution is -0.137. The van der Waals surface area contributed by atoms with Gasteiger partial charge in [-0.05, 0) is 24.3 Å². The van der Waals surface area contributed by atoms with Crippen molar-refractivity contribution in [2.45, 2.75) is 19.0 Å². The zero-order chi connectivity index (χ0) is 19.4. The average molecular weight is 396 g/mol. The third-order valence-corrected chi connectivity index (χ3v) is 3.96. The molecule has 0 spiro atoms. The Bertz CT molecular complexity index is 957. The molecule has 1 N–H and O–H groups in total. The fraction of sp³-hybridized carbons (Fsp3) is 0.167. The second-order valence-corrected chi connectivity index (χ2v) is 6.03. The molecule has 0 saturated carbocycles. The highest BCUT2D eigenvalue weighted by atomic mass is 35.5. The van der Waals surface area contributed by atoms with Crippen molar-refractivity contribution in [1.29, 1.82) is 0 Å². The number of hydrogen-bond donors (Lipinski definition) is 1. The van der Waals surface area contributed by atoms with Crippen LogP contribution >= 0.6 is 11.6 Å². The van der Waals surface area contributed by atoms with Crippen LogP contribution in [0.4, 0.5) is 18.9 Å². The second kappa shape index (κ2) is 7.79. The molecule has 0 unspecified atom stereocenters. The number of nitrogens with zero attached hydrogens (tertiary/aromatic N) is 2. The summed E-state index contributed by atoms with van der Waals surface area (Å²) in [6.07, 6.45) is -4.27. The maximum absolute atomic E-state index is 12.8. The Balaban J connectivity index is 1.63. The van der Waals surface area contributed by atoms with Gasteiger partial charge >= 0.3 is 6.18 Å². The summed E-state index contributed by atoms with van der Waals surface area (Å²) in [6.45, 7) is 0. The molecular formula is C18H13ClF3N3O2. The first-order valence-corrected chi connectivity index (χ1v) is 8.25. The van der Waals surface area contributed by atoms with E-state index in [0.717, 1.165) is 12.1 Å². The molecule has 0 bridgehead atoms. The molecule has 0 aliphatic carbocycles. The second-order valence-electron chi connectivity index (χ2n) is 5.62. The smallest absolute Gasteiger partial charge is 0.339 e. The Morgan fingerprint density at radius 2 is 1.93 bits per heavy atom. The molecule has 0 aliphatic rings. The van der Waals surface area contributed by atoms with Gasteiger partial charge in [0.1, 0.15) is 0 Å². The number of para-hydroxylation sites is 1. The van der Waals surface area contributed by atoms with Crippen molar-refractivity contribution >= 4 is 23.2 Å². The van der Waals surface area contributed by atoms with Gasteiger partial charge in [0.15, 0.2) is 0 Å².